The van der Waals surface area contributed by atoms with Gasteiger partial charge in [0.15, 0.2) is 0 Å². The van der Waals surface area contributed by atoms with Crippen molar-refractivity contribution in [1.29, 1.82) is 0 Å². The van der Waals surface area contributed by atoms with Crippen molar-refractivity contribution < 1.29 is 0 Å². The van der Waals surface area contributed by atoms with Gasteiger partial charge < -0.3 is 0 Å². The lowest BCUT2D eigenvalue weighted by molar-refractivity contribution is 0.356. The molecule has 0 bridgehead atoms. The minimum atomic E-state index is 0.540. The highest BCUT2D eigenvalue weighted by Gasteiger charge is 2.01. The summed E-state index contributed by atoms with van der Waals surface area (Å²) >= 11 is 5.70. The average Bonchev–Trinajstić information content (AvgIpc) is 2.17. The summed E-state index contributed by atoms with van der Waals surface area (Å²) < 4.78 is 0. The van der Waals surface area contributed by atoms with Crippen molar-refractivity contribution in [2.75, 3.05) is 19.5 Å². The molecule has 1 nitrogen and oxygen atoms in total. The van der Waals surface area contributed by atoms with E-state index in [0.29, 0.717) is 5.88 Å². The Balaban J connectivity index is 2.51. The molecule has 0 aliphatic heterocycles. The summed E-state index contributed by atoms with van der Waals surface area (Å²) in [6.07, 6.45) is 0. The molecule has 2 heteroatoms. The van der Waals surface area contributed by atoms with Gasteiger partial charge in [-0.25, -0.2) is 0 Å². The van der Waals surface area contributed by atoms with E-state index in [9.17, 15) is 0 Å². The maximum Gasteiger partial charge on any atom is 0.0443 e. The number of halogens is 1. The number of nitrogens with zero attached hydrogens (tertiary/aromatic N) is 1. The highest BCUT2D eigenvalue weighted by atomic mass is 35.5. The van der Waals surface area contributed by atoms with E-state index in [2.05, 4.69) is 49.7 Å². The molecular formula is C13H18ClN. The molecule has 0 aliphatic rings. The molecule has 1 rings (SSSR count). The molecule has 15 heavy (non-hydrogen) atoms. The van der Waals surface area contributed by atoms with Gasteiger partial charge in [-0.3, -0.25) is 4.90 Å². The zero-order chi connectivity index (χ0) is 11.3. The summed E-state index contributed by atoms with van der Waals surface area (Å²) in [4.78, 5) is 2.22. The molecule has 0 N–H and O–H groups in total. The van der Waals surface area contributed by atoms with Gasteiger partial charge in [0.05, 0.1) is 0 Å². The van der Waals surface area contributed by atoms with E-state index >= 15 is 0 Å². The zero-order valence-corrected chi connectivity index (χ0v) is 10.2. The Morgan fingerprint density at radius 3 is 2.80 bits per heavy atom. The predicted octanol–water partition coefficient (Wildman–Crippen LogP) is 3.22. The van der Waals surface area contributed by atoms with E-state index in [1.54, 1.807) is 0 Å². The van der Waals surface area contributed by atoms with Crippen molar-refractivity contribution in [1.82, 2.24) is 4.90 Å². The Hall–Kier alpha value is -0.790. The number of rotatable bonds is 5. The van der Waals surface area contributed by atoms with E-state index in [0.717, 1.165) is 18.7 Å². The molecule has 0 fully saturated rings. The Kier molecular flexibility index (Phi) is 4.86. The highest BCUT2D eigenvalue weighted by molar-refractivity contribution is 6.19. The summed E-state index contributed by atoms with van der Waals surface area (Å²) in [5.74, 6) is 0.540. The molecule has 0 spiro atoms. The quantitative estimate of drug-likeness (QED) is 0.547. The van der Waals surface area contributed by atoms with E-state index in [-0.39, 0.29) is 0 Å². The van der Waals surface area contributed by atoms with Gasteiger partial charge in [0.25, 0.3) is 0 Å². The van der Waals surface area contributed by atoms with E-state index in [1.807, 2.05) is 0 Å². The standard InChI is InChI=1S/C13H18ClN/c1-11-5-4-6-13(7-11)10-15(3)9-12(2)8-14/h4-7H,2,8-10H2,1,3H3. The summed E-state index contributed by atoms with van der Waals surface area (Å²) in [6, 6.07) is 8.56. The molecule has 0 amide bonds. The Bertz CT molecular complexity index is 333. The van der Waals surface area contributed by atoms with Gasteiger partial charge in [-0.15, -0.1) is 11.6 Å². The first-order valence-electron chi connectivity index (χ1n) is 5.08. The molecule has 0 aromatic heterocycles. The van der Waals surface area contributed by atoms with Gasteiger partial charge in [-0.05, 0) is 25.1 Å². The summed E-state index contributed by atoms with van der Waals surface area (Å²) in [5.41, 5.74) is 3.70. The number of benzene rings is 1. The van der Waals surface area contributed by atoms with Crippen molar-refractivity contribution >= 4 is 11.6 Å². The van der Waals surface area contributed by atoms with Gasteiger partial charge in [0, 0.05) is 19.0 Å². The van der Waals surface area contributed by atoms with E-state index < -0.39 is 0 Å². The maximum atomic E-state index is 5.70. The van der Waals surface area contributed by atoms with Crippen LogP contribution in [0.5, 0.6) is 0 Å². The third-order valence-corrected chi connectivity index (χ3v) is 2.60. The van der Waals surface area contributed by atoms with Crippen LogP contribution >= 0.6 is 11.6 Å². The van der Waals surface area contributed by atoms with Crippen LogP contribution in [0, 0.1) is 6.92 Å². The second-order valence-electron chi connectivity index (χ2n) is 4.04. The number of likely N-dealkylation sites (N-methyl/N-ethyl adjacent to an activating group) is 1. The van der Waals surface area contributed by atoms with Gasteiger partial charge in [-0.1, -0.05) is 36.4 Å². The van der Waals surface area contributed by atoms with Gasteiger partial charge in [0.1, 0.15) is 0 Å². The second kappa shape index (κ2) is 5.94. The van der Waals surface area contributed by atoms with Crippen LogP contribution in [0.25, 0.3) is 0 Å². The lowest BCUT2D eigenvalue weighted by Gasteiger charge is -2.17. The lowest BCUT2D eigenvalue weighted by Crippen LogP contribution is -2.20. The molecule has 0 saturated carbocycles. The minimum Gasteiger partial charge on any atom is -0.298 e. The van der Waals surface area contributed by atoms with Crippen LogP contribution in [-0.4, -0.2) is 24.4 Å². The normalized spacial score (nSPS) is 10.7. The molecule has 0 atom stereocenters. The largest absolute Gasteiger partial charge is 0.298 e. The van der Waals surface area contributed by atoms with Crippen LogP contribution in [-0.2, 0) is 6.54 Å². The van der Waals surface area contributed by atoms with Crippen LogP contribution in [0.15, 0.2) is 36.4 Å². The van der Waals surface area contributed by atoms with Crippen molar-refractivity contribution in [2.45, 2.75) is 13.5 Å². The molecule has 0 radical (unpaired) electrons. The van der Waals surface area contributed by atoms with Crippen LogP contribution in [0.2, 0.25) is 0 Å². The van der Waals surface area contributed by atoms with Gasteiger partial charge >= 0.3 is 0 Å². The fourth-order valence-electron chi connectivity index (χ4n) is 1.60. The van der Waals surface area contributed by atoms with Gasteiger partial charge in [-0.2, -0.15) is 0 Å². The van der Waals surface area contributed by atoms with Crippen molar-refractivity contribution in [3.8, 4) is 0 Å². The molecule has 0 unspecified atom stereocenters. The van der Waals surface area contributed by atoms with Crippen LogP contribution in [0.3, 0.4) is 0 Å². The molecule has 0 heterocycles. The maximum absolute atomic E-state index is 5.70. The molecule has 1 aromatic carbocycles. The molecular weight excluding hydrogens is 206 g/mol. The first kappa shape index (κ1) is 12.3. The minimum absolute atomic E-state index is 0.540. The fourth-order valence-corrected chi connectivity index (χ4v) is 1.69. The van der Waals surface area contributed by atoms with Crippen LogP contribution in [0.4, 0.5) is 0 Å². The number of alkyl halides is 1. The number of hydrogen-bond acceptors (Lipinski definition) is 1. The summed E-state index contributed by atoms with van der Waals surface area (Å²) in [5, 5.41) is 0. The summed E-state index contributed by atoms with van der Waals surface area (Å²) in [7, 11) is 2.08. The van der Waals surface area contributed by atoms with Gasteiger partial charge in [0.2, 0.25) is 0 Å². The molecule has 0 aliphatic carbocycles. The topological polar surface area (TPSA) is 3.24 Å². The van der Waals surface area contributed by atoms with E-state index in [1.165, 1.54) is 11.1 Å². The second-order valence-corrected chi connectivity index (χ2v) is 4.31. The number of aryl methyl sites for hydroxylation is 1. The zero-order valence-electron chi connectivity index (χ0n) is 9.46. The van der Waals surface area contributed by atoms with Crippen molar-refractivity contribution in [3.05, 3.63) is 47.5 Å². The fraction of sp³-hybridized carbons (Fsp3) is 0.385. The molecule has 1 aromatic rings. The summed E-state index contributed by atoms with van der Waals surface area (Å²) in [6.45, 7) is 7.81. The third-order valence-electron chi connectivity index (χ3n) is 2.22. The van der Waals surface area contributed by atoms with Crippen LogP contribution in [0.1, 0.15) is 11.1 Å². The first-order chi connectivity index (χ1) is 7.11. The average molecular weight is 224 g/mol. The Labute approximate surface area is 97.4 Å². The molecule has 82 valence electrons. The van der Waals surface area contributed by atoms with E-state index in [4.69, 9.17) is 11.6 Å². The monoisotopic (exact) mass is 223 g/mol. The predicted molar refractivity (Wildman–Crippen MR) is 67.4 cm³/mol. The highest BCUT2D eigenvalue weighted by Crippen LogP contribution is 2.07. The SMILES string of the molecule is C=C(CCl)CN(C)Cc1cccc(C)c1. The van der Waals surface area contributed by atoms with Crippen molar-refractivity contribution in [3.63, 3.8) is 0 Å². The number of hydrogen-bond donors (Lipinski definition) is 0. The lowest BCUT2D eigenvalue weighted by atomic mass is 10.1. The molecule has 0 saturated heterocycles. The Morgan fingerprint density at radius 1 is 1.47 bits per heavy atom. The van der Waals surface area contributed by atoms with Crippen LogP contribution < -0.4 is 0 Å². The smallest absolute Gasteiger partial charge is 0.0443 e. The van der Waals surface area contributed by atoms with Crippen molar-refractivity contribution in [2.24, 2.45) is 0 Å². The third kappa shape index (κ3) is 4.50. The Morgan fingerprint density at radius 2 is 2.20 bits per heavy atom. The first-order valence-corrected chi connectivity index (χ1v) is 5.62.